The molecule has 3 unspecified atom stereocenters. The largest absolute Gasteiger partial charge is 0.372 e. The molecule has 0 bridgehead atoms. The minimum absolute atomic E-state index is 0.156. The second kappa shape index (κ2) is 5.67. The van der Waals surface area contributed by atoms with Gasteiger partial charge in [-0.15, -0.1) is 0 Å². The Kier molecular flexibility index (Phi) is 4.19. The monoisotopic (exact) mass is 249 g/mol. The first kappa shape index (κ1) is 13.3. The maximum Gasteiger partial charge on any atom is 0.131 e. The summed E-state index contributed by atoms with van der Waals surface area (Å²) in [6.07, 6.45) is 3.21. The van der Waals surface area contributed by atoms with Gasteiger partial charge in [-0.25, -0.2) is 4.98 Å². The lowest BCUT2D eigenvalue weighted by Gasteiger charge is -2.37. The summed E-state index contributed by atoms with van der Waals surface area (Å²) in [7, 11) is 0. The van der Waals surface area contributed by atoms with Crippen molar-refractivity contribution in [3.8, 4) is 0 Å². The molecule has 1 aliphatic heterocycles. The summed E-state index contributed by atoms with van der Waals surface area (Å²) in [6, 6.07) is 4.26. The van der Waals surface area contributed by atoms with E-state index >= 15 is 0 Å². The third kappa shape index (κ3) is 3.21. The molecule has 2 rings (SSSR count). The van der Waals surface area contributed by atoms with Gasteiger partial charge in [-0.1, -0.05) is 6.07 Å². The van der Waals surface area contributed by atoms with E-state index in [0.717, 1.165) is 25.3 Å². The molecule has 4 heteroatoms. The van der Waals surface area contributed by atoms with Gasteiger partial charge in [0.25, 0.3) is 0 Å². The molecule has 4 nitrogen and oxygen atoms in total. The Hall–Kier alpha value is -1.13. The lowest BCUT2D eigenvalue weighted by Crippen LogP contribution is -2.46. The molecule has 2 N–H and O–H groups in total. The number of anilines is 1. The fraction of sp³-hybridized carbons (Fsp3) is 0.643. The third-order valence-electron chi connectivity index (χ3n) is 3.13. The number of hydrogen-bond donors (Lipinski definition) is 1. The van der Waals surface area contributed by atoms with E-state index in [1.54, 1.807) is 0 Å². The summed E-state index contributed by atoms with van der Waals surface area (Å²) in [5.74, 6) is 1.07. The number of morpholine rings is 1. The Morgan fingerprint density at radius 2 is 2.11 bits per heavy atom. The first-order chi connectivity index (χ1) is 8.56. The van der Waals surface area contributed by atoms with Gasteiger partial charge in [0.2, 0.25) is 0 Å². The molecule has 1 aromatic rings. The van der Waals surface area contributed by atoms with Gasteiger partial charge in [0.15, 0.2) is 0 Å². The molecule has 100 valence electrons. The van der Waals surface area contributed by atoms with Crippen molar-refractivity contribution in [3.05, 3.63) is 23.9 Å². The second-order valence-electron chi connectivity index (χ2n) is 5.33. The van der Waals surface area contributed by atoms with Gasteiger partial charge in [-0.05, 0) is 38.8 Å². The van der Waals surface area contributed by atoms with Crippen LogP contribution < -0.4 is 10.6 Å². The highest BCUT2D eigenvalue weighted by atomic mass is 16.5. The minimum atomic E-state index is 0.156. The van der Waals surface area contributed by atoms with Crippen LogP contribution in [0.25, 0.3) is 0 Å². The van der Waals surface area contributed by atoms with Crippen molar-refractivity contribution in [2.45, 2.75) is 45.4 Å². The number of nitrogens with two attached hydrogens (primary N) is 1. The summed E-state index contributed by atoms with van der Waals surface area (Å²) in [6.45, 7) is 8.04. The molecule has 1 fully saturated rings. The highest BCUT2D eigenvalue weighted by molar-refractivity contribution is 5.47. The molecule has 0 aromatic carbocycles. The molecule has 1 saturated heterocycles. The Labute approximate surface area is 109 Å². The second-order valence-corrected chi connectivity index (χ2v) is 5.33. The Morgan fingerprint density at radius 3 is 2.72 bits per heavy atom. The van der Waals surface area contributed by atoms with E-state index in [1.165, 1.54) is 5.56 Å². The number of hydrogen-bond acceptors (Lipinski definition) is 4. The van der Waals surface area contributed by atoms with Crippen molar-refractivity contribution in [2.24, 2.45) is 5.73 Å². The first-order valence-electron chi connectivity index (χ1n) is 6.66. The maximum absolute atomic E-state index is 5.91. The predicted molar refractivity (Wildman–Crippen MR) is 73.8 cm³/mol. The SMILES string of the molecule is CC(N)Cc1cccnc1N1CC(C)OC(C)C1. The number of nitrogens with zero attached hydrogens (tertiary/aromatic N) is 2. The van der Waals surface area contributed by atoms with Gasteiger partial charge >= 0.3 is 0 Å². The van der Waals surface area contributed by atoms with E-state index in [-0.39, 0.29) is 18.2 Å². The van der Waals surface area contributed by atoms with Crippen molar-refractivity contribution in [1.82, 2.24) is 4.98 Å². The lowest BCUT2D eigenvalue weighted by molar-refractivity contribution is -0.00550. The van der Waals surface area contributed by atoms with Crippen LogP contribution in [0.4, 0.5) is 5.82 Å². The number of pyridine rings is 1. The van der Waals surface area contributed by atoms with Crippen LogP contribution in [-0.2, 0) is 11.2 Å². The molecule has 0 radical (unpaired) electrons. The van der Waals surface area contributed by atoms with Crippen LogP contribution in [0, 0.1) is 0 Å². The number of aromatic nitrogens is 1. The average Bonchev–Trinajstić information content (AvgIpc) is 2.27. The molecule has 0 aliphatic carbocycles. The van der Waals surface area contributed by atoms with Crippen LogP contribution in [0.3, 0.4) is 0 Å². The van der Waals surface area contributed by atoms with Gasteiger partial charge in [0.1, 0.15) is 5.82 Å². The Balaban J connectivity index is 2.21. The molecular formula is C14H23N3O. The van der Waals surface area contributed by atoms with Crippen LogP contribution in [0.5, 0.6) is 0 Å². The van der Waals surface area contributed by atoms with Crippen molar-refractivity contribution in [1.29, 1.82) is 0 Å². The van der Waals surface area contributed by atoms with Gasteiger partial charge in [0.05, 0.1) is 12.2 Å². The Morgan fingerprint density at radius 1 is 1.44 bits per heavy atom. The van der Waals surface area contributed by atoms with E-state index in [2.05, 4.69) is 29.8 Å². The molecule has 0 amide bonds. The third-order valence-corrected chi connectivity index (χ3v) is 3.13. The van der Waals surface area contributed by atoms with Crippen LogP contribution in [0.15, 0.2) is 18.3 Å². The maximum atomic E-state index is 5.91. The van der Waals surface area contributed by atoms with E-state index in [9.17, 15) is 0 Å². The van der Waals surface area contributed by atoms with E-state index < -0.39 is 0 Å². The van der Waals surface area contributed by atoms with Crippen molar-refractivity contribution in [3.63, 3.8) is 0 Å². The number of rotatable bonds is 3. The highest BCUT2D eigenvalue weighted by Gasteiger charge is 2.24. The van der Waals surface area contributed by atoms with Crippen molar-refractivity contribution >= 4 is 5.82 Å². The summed E-state index contributed by atoms with van der Waals surface area (Å²) >= 11 is 0. The fourth-order valence-electron chi connectivity index (χ4n) is 2.57. The van der Waals surface area contributed by atoms with Gasteiger partial charge in [-0.2, -0.15) is 0 Å². The van der Waals surface area contributed by atoms with E-state index in [1.807, 2.05) is 19.2 Å². The van der Waals surface area contributed by atoms with Crippen LogP contribution in [0.2, 0.25) is 0 Å². The summed E-state index contributed by atoms with van der Waals surface area (Å²) in [5.41, 5.74) is 7.14. The first-order valence-corrected chi connectivity index (χ1v) is 6.66. The molecule has 1 aliphatic rings. The fourth-order valence-corrected chi connectivity index (χ4v) is 2.57. The Bertz CT molecular complexity index is 384. The van der Waals surface area contributed by atoms with Crippen LogP contribution >= 0.6 is 0 Å². The zero-order chi connectivity index (χ0) is 13.1. The van der Waals surface area contributed by atoms with Crippen LogP contribution in [0.1, 0.15) is 26.3 Å². The predicted octanol–water partition coefficient (Wildman–Crippen LogP) is 1.58. The molecular weight excluding hydrogens is 226 g/mol. The summed E-state index contributed by atoms with van der Waals surface area (Å²) in [4.78, 5) is 6.86. The number of ether oxygens (including phenoxy) is 1. The average molecular weight is 249 g/mol. The normalized spacial score (nSPS) is 26.1. The minimum Gasteiger partial charge on any atom is -0.372 e. The summed E-state index contributed by atoms with van der Waals surface area (Å²) in [5, 5.41) is 0. The van der Waals surface area contributed by atoms with Gasteiger partial charge < -0.3 is 15.4 Å². The van der Waals surface area contributed by atoms with Gasteiger partial charge in [0, 0.05) is 25.3 Å². The molecule has 18 heavy (non-hydrogen) atoms. The zero-order valence-corrected chi connectivity index (χ0v) is 11.5. The van der Waals surface area contributed by atoms with Crippen LogP contribution in [-0.4, -0.2) is 36.3 Å². The smallest absolute Gasteiger partial charge is 0.131 e. The standard InChI is InChI=1S/C14H23N3O/c1-10(15)7-13-5-4-6-16-14(13)17-8-11(2)18-12(3)9-17/h4-6,10-12H,7-9,15H2,1-3H3. The lowest BCUT2D eigenvalue weighted by atomic mass is 10.1. The van der Waals surface area contributed by atoms with Gasteiger partial charge in [-0.3, -0.25) is 0 Å². The molecule has 0 spiro atoms. The molecule has 3 atom stereocenters. The van der Waals surface area contributed by atoms with E-state index in [4.69, 9.17) is 10.5 Å². The quantitative estimate of drug-likeness (QED) is 0.883. The molecule has 1 aromatic heterocycles. The summed E-state index contributed by atoms with van der Waals surface area (Å²) < 4.78 is 5.76. The topological polar surface area (TPSA) is 51.4 Å². The van der Waals surface area contributed by atoms with E-state index in [0.29, 0.717) is 0 Å². The highest BCUT2D eigenvalue weighted by Crippen LogP contribution is 2.22. The molecule has 0 saturated carbocycles. The molecule has 2 heterocycles. The van der Waals surface area contributed by atoms with Crippen molar-refractivity contribution in [2.75, 3.05) is 18.0 Å². The zero-order valence-electron chi connectivity index (χ0n) is 11.5. The van der Waals surface area contributed by atoms with Crippen molar-refractivity contribution < 1.29 is 4.74 Å².